The summed E-state index contributed by atoms with van der Waals surface area (Å²) >= 11 is 0. The third-order valence-electron chi connectivity index (χ3n) is 3.95. The van der Waals surface area contributed by atoms with Crippen LogP contribution in [0.15, 0.2) is 60.8 Å². The summed E-state index contributed by atoms with van der Waals surface area (Å²) in [5, 5.41) is 19.3. The molecule has 2 aromatic carbocycles. The first-order valence-corrected chi connectivity index (χ1v) is 7.87. The minimum absolute atomic E-state index is 0.189. The quantitative estimate of drug-likeness (QED) is 0.645. The van der Waals surface area contributed by atoms with Gasteiger partial charge in [0.2, 0.25) is 0 Å². The minimum atomic E-state index is -0.479. The summed E-state index contributed by atoms with van der Waals surface area (Å²) in [6, 6.07) is 16.2. The Labute approximate surface area is 145 Å². The number of ether oxygens (including phenoxy) is 1. The smallest absolute Gasteiger partial charge is 0.255 e. The lowest BCUT2D eigenvalue weighted by Crippen LogP contribution is -2.30. The molecular formula is C19H19N3O3. The number of hydrogen-bond donors (Lipinski definition) is 3. The van der Waals surface area contributed by atoms with E-state index in [-0.39, 0.29) is 12.5 Å². The number of nitrogens with zero attached hydrogens (tertiary/aromatic N) is 1. The number of nitrogens with one attached hydrogen (secondary N) is 2. The number of hydrogen-bond acceptors (Lipinski definition) is 4. The molecule has 0 bridgehead atoms. The molecule has 0 radical (unpaired) electrons. The zero-order valence-electron chi connectivity index (χ0n) is 13.8. The van der Waals surface area contributed by atoms with Crippen molar-refractivity contribution in [3.8, 4) is 17.0 Å². The molecule has 1 atom stereocenters. The molecule has 0 aliphatic carbocycles. The molecule has 25 heavy (non-hydrogen) atoms. The predicted molar refractivity (Wildman–Crippen MR) is 94.3 cm³/mol. The summed E-state index contributed by atoms with van der Waals surface area (Å²) in [5.41, 5.74) is 2.70. The second kappa shape index (κ2) is 7.63. The highest BCUT2D eigenvalue weighted by Crippen LogP contribution is 2.24. The Morgan fingerprint density at radius 1 is 1.20 bits per heavy atom. The van der Waals surface area contributed by atoms with Crippen LogP contribution in [0.4, 0.5) is 0 Å². The van der Waals surface area contributed by atoms with Gasteiger partial charge in [0.1, 0.15) is 5.75 Å². The fourth-order valence-corrected chi connectivity index (χ4v) is 2.59. The van der Waals surface area contributed by atoms with Crippen molar-refractivity contribution >= 4 is 5.91 Å². The third kappa shape index (κ3) is 3.70. The van der Waals surface area contributed by atoms with E-state index in [1.807, 2.05) is 54.6 Å². The average Bonchev–Trinajstić information content (AvgIpc) is 3.16. The predicted octanol–water partition coefficient (Wildman–Crippen LogP) is 2.55. The molecule has 1 amide bonds. The van der Waals surface area contributed by atoms with Gasteiger partial charge in [0.25, 0.3) is 5.91 Å². The normalized spacial score (nSPS) is 11.8. The molecule has 6 nitrogen and oxygen atoms in total. The molecule has 0 fully saturated rings. The van der Waals surface area contributed by atoms with Gasteiger partial charge < -0.3 is 15.2 Å². The zero-order chi connectivity index (χ0) is 17.6. The van der Waals surface area contributed by atoms with Crippen molar-refractivity contribution < 1.29 is 14.6 Å². The summed E-state index contributed by atoms with van der Waals surface area (Å²) in [6.07, 6.45) is 1.48. The maximum atomic E-state index is 12.7. The number of aromatic amines is 1. The molecule has 0 spiro atoms. The van der Waals surface area contributed by atoms with Crippen molar-refractivity contribution in [3.05, 3.63) is 71.9 Å². The fourth-order valence-electron chi connectivity index (χ4n) is 2.59. The van der Waals surface area contributed by atoms with Crippen LogP contribution < -0.4 is 10.1 Å². The van der Waals surface area contributed by atoms with Crippen molar-refractivity contribution in [2.45, 2.75) is 6.04 Å². The summed E-state index contributed by atoms with van der Waals surface area (Å²) in [4.78, 5) is 12.7. The van der Waals surface area contributed by atoms with E-state index in [2.05, 4.69) is 15.5 Å². The lowest BCUT2D eigenvalue weighted by molar-refractivity contribution is 0.0917. The molecule has 1 aromatic heterocycles. The van der Waals surface area contributed by atoms with Crippen molar-refractivity contribution in [2.24, 2.45) is 0 Å². The Kier molecular flexibility index (Phi) is 5.11. The average molecular weight is 337 g/mol. The molecule has 3 N–H and O–H groups in total. The third-order valence-corrected chi connectivity index (χ3v) is 3.95. The highest BCUT2D eigenvalue weighted by Gasteiger charge is 2.19. The fraction of sp³-hybridized carbons (Fsp3) is 0.158. The maximum absolute atomic E-state index is 12.7. The SMILES string of the molecule is COc1ccc(-c2[nH]ncc2C(=O)NC(CO)c2ccccc2)cc1. The highest BCUT2D eigenvalue weighted by molar-refractivity contribution is 6.00. The number of carbonyl (C=O) groups is 1. The first kappa shape index (κ1) is 16.7. The number of carbonyl (C=O) groups excluding carboxylic acids is 1. The summed E-state index contributed by atoms with van der Waals surface area (Å²) in [6.45, 7) is -0.189. The molecule has 1 unspecified atom stereocenters. The van der Waals surface area contributed by atoms with Crippen molar-refractivity contribution in [2.75, 3.05) is 13.7 Å². The van der Waals surface area contributed by atoms with E-state index >= 15 is 0 Å². The first-order chi connectivity index (χ1) is 12.2. The minimum Gasteiger partial charge on any atom is -0.497 e. The lowest BCUT2D eigenvalue weighted by atomic mass is 10.1. The van der Waals surface area contributed by atoms with Gasteiger partial charge in [-0.2, -0.15) is 5.10 Å². The Morgan fingerprint density at radius 3 is 2.56 bits per heavy atom. The van der Waals surface area contributed by atoms with Crippen LogP contribution in [0, 0.1) is 0 Å². The van der Waals surface area contributed by atoms with E-state index < -0.39 is 6.04 Å². The number of H-pyrrole nitrogens is 1. The Hall–Kier alpha value is -3.12. The van der Waals surface area contributed by atoms with Crippen LogP contribution in [0.3, 0.4) is 0 Å². The number of aliphatic hydroxyl groups excluding tert-OH is 1. The van der Waals surface area contributed by atoms with Crippen LogP contribution in [0.25, 0.3) is 11.3 Å². The van der Waals surface area contributed by atoms with Gasteiger partial charge in [0, 0.05) is 5.56 Å². The standard InChI is InChI=1S/C19H19N3O3/c1-25-15-9-7-14(8-10-15)18-16(11-20-22-18)19(24)21-17(12-23)13-5-3-2-4-6-13/h2-11,17,23H,12H2,1H3,(H,20,22)(H,21,24). The number of rotatable bonds is 6. The Morgan fingerprint density at radius 2 is 1.92 bits per heavy atom. The van der Waals surface area contributed by atoms with Crippen LogP contribution in [-0.4, -0.2) is 34.9 Å². The number of amides is 1. The van der Waals surface area contributed by atoms with E-state index in [1.54, 1.807) is 7.11 Å². The van der Waals surface area contributed by atoms with Gasteiger partial charge >= 0.3 is 0 Å². The largest absolute Gasteiger partial charge is 0.497 e. The second-order valence-electron chi connectivity index (χ2n) is 5.51. The zero-order valence-corrected chi connectivity index (χ0v) is 13.8. The molecule has 0 aliphatic heterocycles. The molecule has 3 aromatic rings. The monoisotopic (exact) mass is 337 g/mol. The molecule has 3 rings (SSSR count). The van der Waals surface area contributed by atoms with E-state index in [0.29, 0.717) is 11.3 Å². The molecule has 128 valence electrons. The van der Waals surface area contributed by atoms with Crippen LogP contribution in [-0.2, 0) is 0 Å². The van der Waals surface area contributed by atoms with E-state index in [4.69, 9.17) is 4.74 Å². The van der Waals surface area contributed by atoms with Crippen molar-refractivity contribution in [3.63, 3.8) is 0 Å². The van der Waals surface area contributed by atoms with Crippen LogP contribution in [0.2, 0.25) is 0 Å². The van der Waals surface area contributed by atoms with Gasteiger partial charge in [0.15, 0.2) is 0 Å². The first-order valence-electron chi connectivity index (χ1n) is 7.87. The van der Waals surface area contributed by atoms with Gasteiger partial charge in [-0.05, 0) is 29.8 Å². The molecule has 0 aliphatic rings. The number of benzene rings is 2. The number of aliphatic hydroxyl groups is 1. The van der Waals surface area contributed by atoms with E-state index in [0.717, 1.165) is 16.9 Å². The molecular weight excluding hydrogens is 318 g/mol. The van der Waals surface area contributed by atoms with Crippen LogP contribution in [0.1, 0.15) is 22.0 Å². The van der Waals surface area contributed by atoms with Gasteiger partial charge in [-0.1, -0.05) is 30.3 Å². The number of methoxy groups -OCH3 is 1. The number of aromatic nitrogens is 2. The lowest BCUT2D eigenvalue weighted by Gasteiger charge is -2.16. The summed E-state index contributed by atoms with van der Waals surface area (Å²) in [7, 11) is 1.60. The second-order valence-corrected chi connectivity index (χ2v) is 5.51. The van der Waals surface area contributed by atoms with Gasteiger partial charge in [0.05, 0.1) is 37.2 Å². The van der Waals surface area contributed by atoms with Gasteiger partial charge in [-0.15, -0.1) is 0 Å². The molecule has 1 heterocycles. The van der Waals surface area contributed by atoms with Gasteiger partial charge in [-0.25, -0.2) is 0 Å². The van der Waals surface area contributed by atoms with Gasteiger partial charge in [-0.3, -0.25) is 9.89 Å². The highest BCUT2D eigenvalue weighted by atomic mass is 16.5. The Balaban J connectivity index is 1.82. The summed E-state index contributed by atoms with van der Waals surface area (Å²) < 4.78 is 5.15. The molecule has 6 heteroatoms. The van der Waals surface area contributed by atoms with Crippen LogP contribution >= 0.6 is 0 Å². The van der Waals surface area contributed by atoms with E-state index in [1.165, 1.54) is 6.20 Å². The Bertz CT molecular complexity index is 829. The topological polar surface area (TPSA) is 87.2 Å². The van der Waals surface area contributed by atoms with Crippen LogP contribution in [0.5, 0.6) is 5.75 Å². The summed E-state index contributed by atoms with van der Waals surface area (Å²) in [5.74, 6) is 0.432. The molecule has 0 saturated carbocycles. The van der Waals surface area contributed by atoms with Crippen molar-refractivity contribution in [1.82, 2.24) is 15.5 Å². The maximum Gasteiger partial charge on any atom is 0.255 e. The van der Waals surface area contributed by atoms with Crippen molar-refractivity contribution in [1.29, 1.82) is 0 Å². The molecule has 0 saturated heterocycles. The van der Waals surface area contributed by atoms with E-state index in [9.17, 15) is 9.90 Å².